The van der Waals surface area contributed by atoms with Gasteiger partial charge < -0.3 is 5.11 Å². The van der Waals surface area contributed by atoms with Crippen LogP contribution in [0, 0.1) is 0 Å². The fourth-order valence-corrected chi connectivity index (χ4v) is 0.351. The summed E-state index contributed by atoms with van der Waals surface area (Å²) in [5, 5.41) is 8.05. The van der Waals surface area contributed by atoms with Crippen LogP contribution in [0.15, 0.2) is 24.8 Å². The summed E-state index contributed by atoms with van der Waals surface area (Å²) in [6, 6.07) is 0. The highest BCUT2D eigenvalue weighted by Crippen LogP contribution is 1.86. The van der Waals surface area contributed by atoms with E-state index in [9.17, 15) is 4.79 Å². The molecule has 0 aliphatic rings. The van der Waals surface area contributed by atoms with Gasteiger partial charge >= 0.3 is 5.97 Å². The predicted molar refractivity (Wildman–Crippen MR) is 47.6 cm³/mol. The molecule has 0 unspecified atom stereocenters. The van der Waals surface area contributed by atoms with Gasteiger partial charge in [-0.1, -0.05) is 25.5 Å². The molecule has 2 nitrogen and oxygen atoms in total. The number of carbonyl (C=O) groups is 1. The van der Waals surface area contributed by atoms with Crippen LogP contribution in [0.25, 0.3) is 0 Å². The molecule has 0 radical (unpaired) electrons. The molecule has 0 aromatic carbocycles. The van der Waals surface area contributed by atoms with Crippen LogP contribution in [-0.4, -0.2) is 11.1 Å². The summed E-state index contributed by atoms with van der Waals surface area (Å²) in [5.41, 5.74) is 0. The molecule has 0 aliphatic carbocycles. The van der Waals surface area contributed by atoms with Gasteiger partial charge in [0.15, 0.2) is 0 Å². The summed E-state index contributed by atoms with van der Waals surface area (Å²) in [7, 11) is 0. The first-order chi connectivity index (χ1) is 5.18. The molecule has 1 N–H and O–H groups in total. The van der Waals surface area contributed by atoms with Gasteiger partial charge in [-0.2, -0.15) is 0 Å². The molecule has 0 aromatic rings. The Morgan fingerprint density at radius 2 is 2.09 bits per heavy atom. The van der Waals surface area contributed by atoms with Crippen LogP contribution >= 0.6 is 0 Å². The summed E-state index contributed by atoms with van der Waals surface area (Å²) in [5.74, 6) is -0.863. The second-order valence-electron chi connectivity index (χ2n) is 1.94. The van der Waals surface area contributed by atoms with Gasteiger partial charge in [0.05, 0.1) is 0 Å². The van der Waals surface area contributed by atoms with E-state index in [1.54, 1.807) is 12.2 Å². The molecule has 64 valence electrons. The van der Waals surface area contributed by atoms with Crippen LogP contribution in [0.5, 0.6) is 0 Å². The van der Waals surface area contributed by atoms with E-state index in [2.05, 4.69) is 6.58 Å². The third kappa shape index (κ3) is 27.7. The molecular weight excluding hydrogens is 140 g/mol. The van der Waals surface area contributed by atoms with Gasteiger partial charge in [-0.25, -0.2) is 4.79 Å². The number of hydrogen-bond acceptors (Lipinski definition) is 1. The lowest BCUT2D eigenvalue weighted by atomic mass is 10.3. The maximum absolute atomic E-state index is 9.79. The molecule has 0 bridgehead atoms. The van der Waals surface area contributed by atoms with Crippen molar-refractivity contribution in [2.45, 2.75) is 26.7 Å². The second-order valence-corrected chi connectivity index (χ2v) is 1.94. The Morgan fingerprint density at radius 3 is 2.36 bits per heavy atom. The van der Waals surface area contributed by atoms with Crippen molar-refractivity contribution in [3.63, 3.8) is 0 Å². The Bertz CT molecular complexity index is 126. The third-order valence-corrected chi connectivity index (χ3v) is 0.716. The molecule has 0 rings (SSSR count). The van der Waals surface area contributed by atoms with Gasteiger partial charge in [0, 0.05) is 6.08 Å². The standard InChI is InChI=1S/C6H10O2.C3H6/c1-2-3-4-5-6(7)8;1-3-2/h4-5H,2-3H2,1H3,(H,7,8);3H,1H2,2H3. The van der Waals surface area contributed by atoms with Crippen LogP contribution in [0.4, 0.5) is 0 Å². The number of unbranched alkanes of at least 4 members (excludes halogenated alkanes) is 1. The van der Waals surface area contributed by atoms with Crippen molar-refractivity contribution >= 4 is 5.97 Å². The molecule has 0 aromatic heterocycles. The highest BCUT2D eigenvalue weighted by atomic mass is 16.4. The normalized spacial score (nSPS) is 8.55. The zero-order valence-corrected chi connectivity index (χ0v) is 7.21. The summed E-state index contributed by atoms with van der Waals surface area (Å²) < 4.78 is 0. The molecule has 0 heterocycles. The minimum Gasteiger partial charge on any atom is -0.478 e. The van der Waals surface area contributed by atoms with Gasteiger partial charge in [0.25, 0.3) is 0 Å². The third-order valence-electron chi connectivity index (χ3n) is 0.716. The molecule has 0 fully saturated rings. The highest BCUT2D eigenvalue weighted by Gasteiger charge is 1.81. The molecule has 0 atom stereocenters. The van der Waals surface area contributed by atoms with Crippen molar-refractivity contribution in [2.75, 3.05) is 0 Å². The van der Waals surface area contributed by atoms with Gasteiger partial charge in [-0.3, -0.25) is 0 Å². The highest BCUT2D eigenvalue weighted by molar-refractivity contribution is 5.79. The monoisotopic (exact) mass is 156 g/mol. The maximum atomic E-state index is 9.79. The summed E-state index contributed by atoms with van der Waals surface area (Å²) in [6.07, 6.45) is 6.43. The van der Waals surface area contributed by atoms with Crippen molar-refractivity contribution in [2.24, 2.45) is 0 Å². The van der Waals surface area contributed by atoms with Crippen molar-refractivity contribution in [3.05, 3.63) is 24.8 Å². The fraction of sp³-hybridized carbons (Fsp3) is 0.444. The van der Waals surface area contributed by atoms with Crippen LogP contribution in [-0.2, 0) is 4.79 Å². The van der Waals surface area contributed by atoms with E-state index in [1.165, 1.54) is 6.08 Å². The van der Waals surface area contributed by atoms with Gasteiger partial charge in [0.2, 0.25) is 0 Å². The number of allylic oxidation sites excluding steroid dienone is 2. The van der Waals surface area contributed by atoms with Crippen LogP contribution in [0.3, 0.4) is 0 Å². The Morgan fingerprint density at radius 1 is 1.64 bits per heavy atom. The van der Waals surface area contributed by atoms with Crippen molar-refractivity contribution in [1.82, 2.24) is 0 Å². The lowest BCUT2D eigenvalue weighted by Crippen LogP contribution is -1.84. The largest absolute Gasteiger partial charge is 0.478 e. The Kier molecular flexibility index (Phi) is 13.4. The first kappa shape index (κ1) is 12.6. The SMILES string of the molecule is C=CC.CCCC=CC(=O)O. The average Bonchev–Trinajstić information content (AvgIpc) is 1.89. The van der Waals surface area contributed by atoms with E-state index in [0.29, 0.717) is 0 Å². The minimum absolute atomic E-state index is 0.853. The summed E-state index contributed by atoms with van der Waals surface area (Å²) in [4.78, 5) is 9.79. The first-order valence-electron chi connectivity index (χ1n) is 3.65. The molecule has 2 heteroatoms. The molecule has 0 saturated carbocycles. The van der Waals surface area contributed by atoms with Crippen molar-refractivity contribution < 1.29 is 9.90 Å². The van der Waals surface area contributed by atoms with E-state index in [1.807, 2.05) is 13.8 Å². The van der Waals surface area contributed by atoms with E-state index >= 15 is 0 Å². The Hall–Kier alpha value is -1.05. The van der Waals surface area contributed by atoms with Crippen molar-refractivity contribution in [1.29, 1.82) is 0 Å². The van der Waals surface area contributed by atoms with E-state index in [4.69, 9.17) is 5.11 Å². The number of rotatable bonds is 3. The number of hydrogen-bond donors (Lipinski definition) is 1. The average molecular weight is 156 g/mol. The minimum atomic E-state index is -0.863. The van der Waals surface area contributed by atoms with Crippen LogP contribution in [0.2, 0.25) is 0 Å². The Balaban J connectivity index is 0. The smallest absolute Gasteiger partial charge is 0.327 e. The lowest BCUT2D eigenvalue weighted by molar-refractivity contribution is -0.131. The fourth-order valence-electron chi connectivity index (χ4n) is 0.351. The van der Waals surface area contributed by atoms with Gasteiger partial charge in [-0.05, 0) is 13.3 Å². The molecule has 0 amide bonds. The van der Waals surface area contributed by atoms with Gasteiger partial charge in [0.1, 0.15) is 0 Å². The number of carboxylic acids is 1. The molecule has 0 spiro atoms. The summed E-state index contributed by atoms with van der Waals surface area (Å²) in [6.45, 7) is 7.26. The quantitative estimate of drug-likeness (QED) is 0.503. The molecular formula is C9H16O2. The molecule has 0 aliphatic heterocycles. The molecule has 0 saturated heterocycles. The molecule has 11 heavy (non-hydrogen) atoms. The van der Waals surface area contributed by atoms with Gasteiger partial charge in [-0.15, -0.1) is 6.58 Å². The Labute approximate surface area is 68.2 Å². The van der Waals surface area contributed by atoms with E-state index < -0.39 is 5.97 Å². The van der Waals surface area contributed by atoms with Crippen LogP contribution in [0.1, 0.15) is 26.7 Å². The maximum Gasteiger partial charge on any atom is 0.327 e. The topological polar surface area (TPSA) is 37.3 Å². The predicted octanol–water partition coefficient (Wildman–Crippen LogP) is 2.62. The zero-order chi connectivity index (χ0) is 9.11. The summed E-state index contributed by atoms with van der Waals surface area (Å²) >= 11 is 0. The second kappa shape index (κ2) is 11.7. The first-order valence-corrected chi connectivity index (χ1v) is 3.65. The lowest BCUT2D eigenvalue weighted by Gasteiger charge is -1.79. The van der Waals surface area contributed by atoms with E-state index in [-0.39, 0.29) is 0 Å². The van der Waals surface area contributed by atoms with Crippen molar-refractivity contribution in [3.8, 4) is 0 Å². The number of aliphatic carboxylic acids is 1. The van der Waals surface area contributed by atoms with Crippen LogP contribution < -0.4 is 0 Å². The number of carboxylic acid groups (broad SMARTS) is 1. The van der Waals surface area contributed by atoms with E-state index in [0.717, 1.165) is 12.8 Å². The zero-order valence-electron chi connectivity index (χ0n) is 7.21.